The third kappa shape index (κ3) is 4.02. The summed E-state index contributed by atoms with van der Waals surface area (Å²) in [7, 11) is 0. The summed E-state index contributed by atoms with van der Waals surface area (Å²) >= 11 is 0. The van der Waals surface area contributed by atoms with Crippen molar-refractivity contribution in [2.75, 3.05) is 6.61 Å². The number of carbonyl (C=O) groups is 1. The van der Waals surface area contributed by atoms with Crippen LogP contribution in [0.25, 0.3) is 23.0 Å². The molecule has 1 aromatic heterocycles. The minimum Gasteiger partial charge on any atom is -0.447 e. The van der Waals surface area contributed by atoms with E-state index in [1.54, 1.807) is 35.2 Å². The van der Waals surface area contributed by atoms with E-state index in [0.717, 1.165) is 5.69 Å². The van der Waals surface area contributed by atoms with Crippen LogP contribution >= 0.6 is 0 Å². The van der Waals surface area contributed by atoms with E-state index >= 15 is 0 Å². The third-order valence-corrected chi connectivity index (χ3v) is 3.56. The zero-order valence-electron chi connectivity index (χ0n) is 13.7. The van der Waals surface area contributed by atoms with Gasteiger partial charge in [0.25, 0.3) is 0 Å². The summed E-state index contributed by atoms with van der Waals surface area (Å²) < 4.78 is 19.6. The standard InChI is InChI=1S/C20H14FN3O2/c21-17-9-6-15(7-10-17)20-16(8-11-19(25)26-13-12-22)14-24(23-20)18-4-2-1-3-5-18/h1-11,14H,13H2/b11-8+. The van der Waals surface area contributed by atoms with E-state index < -0.39 is 5.97 Å². The molecule has 128 valence electrons. The summed E-state index contributed by atoms with van der Waals surface area (Å²) in [4.78, 5) is 11.6. The molecule has 0 unspecified atom stereocenters. The van der Waals surface area contributed by atoms with E-state index in [0.29, 0.717) is 16.8 Å². The van der Waals surface area contributed by atoms with Gasteiger partial charge in [0.15, 0.2) is 6.61 Å². The van der Waals surface area contributed by atoms with Crippen LogP contribution in [0.5, 0.6) is 0 Å². The van der Waals surface area contributed by atoms with E-state index in [1.807, 2.05) is 30.3 Å². The first-order chi connectivity index (χ1) is 12.7. The summed E-state index contributed by atoms with van der Waals surface area (Å²) in [5.41, 5.74) is 2.82. The molecule has 0 N–H and O–H groups in total. The number of nitriles is 1. The Labute approximate surface area is 149 Å². The lowest BCUT2D eigenvalue weighted by atomic mass is 10.1. The zero-order valence-corrected chi connectivity index (χ0v) is 13.7. The fourth-order valence-electron chi connectivity index (χ4n) is 2.36. The van der Waals surface area contributed by atoms with Gasteiger partial charge in [0.05, 0.1) is 11.4 Å². The van der Waals surface area contributed by atoms with Crippen molar-refractivity contribution in [1.82, 2.24) is 9.78 Å². The molecule has 5 nitrogen and oxygen atoms in total. The summed E-state index contributed by atoms with van der Waals surface area (Å²) in [6.07, 6.45) is 4.56. The average molecular weight is 347 g/mol. The highest BCUT2D eigenvalue weighted by molar-refractivity contribution is 5.88. The molecule has 0 amide bonds. The number of rotatable bonds is 5. The van der Waals surface area contributed by atoms with Gasteiger partial charge in [0.1, 0.15) is 11.9 Å². The highest BCUT2D eigenvalue weighted by atomic mass is 19.1. The second-order valence-electron chi connectivity index (χ2n) is 5.32. The van der Waals surface area contributed by atoms with Crippen LogP contribution in [-0.2, 0) is 9.53 Å². The Hall–Kier alpha value is -3.72. The first-order valence-electron chi connectivity index (χ1n) is 7.80. The number of esters is 1. The Balaban J connectivity index is 1.99. The largest absolute Gasteiger partial charge is 0.447 e. The van der Waals surface area contributed by atoms with Crippen LogP contribution < -0.4 is 0 Å². The first kappa shape index (κ1) is 17.1. The van der Waals surface area contributed by atoms with Gasteiger partial charge in [-0.25, -0.2) is 13.9 Å². The number of carbonyl (C=O) groups excluding carboxylic acids is 1. The molecule has 0 atom stereocenters. The molecule has 0 fully saturated rings. The SMILES string of the molecule is N#CCOC(=O)/C=C/c1cn(-c2ccccc2)nc1-c1ccc(F)cc1. The topological polar surface area (TPSA) is 67.9 Å². The van der Waals surface area contributed by atoms with E-state index in [1.165, 1.54) is 18.2 Å². The van der Waals surface area contributed by atoms with Crippen LogP contribution in [0.15, 0.2) is 66.9 Å². The normalized spacial score (nSPS) is 10.6. The lowest BCUT2D eigenvalue weighted by molar-refractivity contribution is -0.136. The molecule has 0 saturated heterocycles. The highest BCUT2D eigenvalue weighted by Crippen LogP contribution is 2.25. The van der Waals surface area contributed by atoms with Crippen LogP contribution in [0.3, 0.4) is 0 Å². The number of halogens is 1. The molecule has 0 aliphatic heterocycles. The number of nitrogens with zero attached hydrogens (tertiary/aromatic N) is 3. The minimum atomic E-state index is -0.621. The molecule has 3 rings (SSSR count). The smallest absolute Gasteiger partial charge is 0.331 e. The molecule has 1 heterocycles. The van der Waals surface area contributed by atoms with Crippen molar-refractivity contribution in [1.29, 1.82) is 5.26 Å². The Morgan fingerprint density at radius 2 is 1.92 bits per heavy atom. The molecule has 3 aromatic rings. The van der Waals surface area contributed by atoms with E-state index in [4.69, 9.17) is 10.00 Å². The first-order valence-corrected chi connectivity index (χ1v) is 7.80. The molecule has 6 heteroatoms. The number of ether oxygens (including phenoxy) is 1. The van der Waals surface area contributed by atoms with E-state index in [2.05, 4.69) is 5.10 Å². The maximum absolute atomic E-state index is 13.2. The van der Waals surface area contributed by atoms with Crippen molar-refractivity contribution < 1.29 is 13.9 Å². The molecule has 26 heavy (non-hydrogen) atoms. The number of aromatic nitrogens is 2. The third-order valence-electron chi connectivity index (χ3n) is 3.56. The van der Waals surface area contributed by atoms with Crippen LogP contribution in [0.2, 0.25) is 0 Å². The Morgan fingerprint density at radius 3 is 2.62 bits per heavy atom. The van der Waals surface area contributed by atoms with Gasteiger partial charge in [-0.05, 0) is 42.5 Å². The Kier molecular flexibility index (Phi) is 5.20. The van der Waals surface area contributed by atoms with Gasteiger partial charge in [-0.15, -0.1) is 0 Å². The van der Waals surface area contributed by atoms with Crippen LogP contribution in [-0.4, -0.2) is 22.4 Å². The van der Waals surface area contributed by atoms with Gasteiger partial charge in [0, 0.05) is 23.4 Å². The molecule has 0 aliphatic carbocycles. The molecule has 0 spiro atoms. The summed E-state index contributed by atoms with van der Waals surface area (Å²) in [5.74, 6) is -0.961. The van der Waals surface area contributed by atoms with E-state index in [9.17, 15) is 9.18 Å². The van der Waals surface area contributed by atoms with Gasteiger partial charge in [-0.3, -0.25) is 0 Å². The average Bonchev–Trinajstić information content (AvgIpc) is 3.10. The number of hydrogen-bond acceptors (Lipinski definition) is 4. The minimum absolute atomic E-state index is 0.308. The fraction of sp³-hybridized carbons (Fsp3) is 0.0500. The predicted molar refractivity (Wildman–Crippen MR) is 94.6 cm³/mol. The second-order valence-corrected chi connectivity index (χ2v) is 5.32. The summed E-state index contributed by atoms with van der Waals surface area (Å²) in [5, 5.41) is 13.0. The molecule has 0 aliphatic rings. The highest BCUT2D eigenvalue weighted by Gasteiger charge is 2.11. The van der Waals surface area contributed by atoms with Gasteiger partial charge in [-0.2, -0.15) is 10.4 Å². The second kappa shape index (κ2) is 7.90. The Morgan fingerprint density at radius 1 is 1.19 bits per heavy atom. The molecule has 0 radical (unpaired) electrons. The van der Waals surface area contributed by atoms with E-state index in [-0.39, 0.29) is 12.4 Å². The van der Waals surface area contributed by atoms with Crippen LogP contribution in [0, 0.1) is 17.1 Å². The fourth-order valence-corrected chi connectivity index (χ4v) is 2.36. The molecule has 0 saturated carbocycles. The number of benzene rings is 2. The maximum Gasteiger partial charge on any atom is 0.331 e. The van der Waals surface area contributed by atoms with Crippen LogP contribution in [0.1, 0.15) is 5.56 Å². The van der Waals surface area contributed by atoms with Crippen molar-refractivity contribution in [3.05, 3.63) is 78.3 Å². The van der Waals surface area contributed by atoms with Crippen molar-refractivity contribution in [2.45, 2.75) is 0 Å². The summed E-state index contributed by atoms with van der Waals surface area (Å²) in [6, 6.07) is 17.2. The Bertz CT molecular complexity index is 971. The maximum atomic E-state index is 13.2. The lowest BCUT2D eigenvalue weighted by Crippen LogP contribution is -1.99. The van der Waals surface area contributed by atoms with Gasteiger partial charge >= 0.3 is 5.97 Å². The lowest BCUT2D eigenvalue weighted by Gasteiger charge is -2.00. The van der Waals surface area contributed by atoms with Crippen molar-refractivity contribution in [2.24, 2.45) is 0 Å². The molecular formula is C20H14FN3O2. The van der Waals surface area contributed by atoms with Crippen molar-refractivity contribution >= 4 is 12.0 Å². The molecular weight excluding hydrogens is 333 g/mol. The van der Waals surface area contributed by atoms with Gasteiger partial charge in [-0.1, -0.05) is 18.2 Å². The zero-order chi connectivity index (χ0) is 18.4. The number of para-hydroxylation sites is 1. The number of hydrogen-bond donors (Lipinski definition) is 0. The van der Waals surface area contributed by atoms with Gasteiger partial charge < -0.3 is 4.74 Å². The van der Waals surface area contributed by atoms with Gasteiger partial charge in [0.2, 0.25) is 0 Å². The monoisotopic (exact) mass is 347 g/mol. The van der Waals surface area contributed by atoms with Crippen LogP contribution in [0.4, 0.5) is 4.39 Å². The van der Waals surface area contributed by atoms with Crippen molar-refractivity contribution in [3.8, 4) is 23.0 Å². The predicted octanol–water partition coefficient (Wildman–Crippen LogP) is 3.76. The quantitative estimate of drug-likeness (QED) is 0.521. The van der Waals surface area contributed by atoms with Crippen molar-refractivity contribution in [3.63, 3.8) is 0 Å². The summed E-state index contributed by atoms with van der Waals surface area (Å²) in [6.45, 7) is -0.308. The molecule has 0 bridgehead atoms. The molecule has 2 aromatic carbocycles.